The highest BCUT2D eigenvalue weighted by molar-refractivity contribution is 9.09. The first kappa shape index (κ1) is 14.7. The Balaban J connectivity index is 2.56. The molecule has 0 aliphatic heterocycles. The third-order valence-electron chi connectivity index (χ3n) is 3.56. The number of nitrogens with zero attached hydrogens (tertiary/aromatic N) is 2. The maximum Gasteiger partial charge on any atom is 0.0312 e. The normalized spacial score (nSPS) is 12.1. The number of hydrogen-bond acceptors (Lipinski definition) is 2. The van der Waals surface area contributed by atoms with E-state index in [1.54, 1.807) is 0 Å². The van der Waals surface area contributed by atoms with Crippen molar-refractivity contribution in [3.05, 3.63) is 30.1 Å². The van der Waals surface area contributed by atoms with Crippen molar-refractivity contribution in [2.45, 2.75) is 33.2 Å². The highest BCUT2D eigenvalue weighted by Gasteiger charge is 2.26. The van der Waals surface area contributed by atoms with Gasteiger partial charge in [0.1, 0.15) is 0 Å². The van der Waals surface area contributed by atoms with E-state index in [0.717, 1.165) is 18.4 Å². The summed E-state index contributed by atoms with van der Waals surface area (Å²) in [6.45, 7) is 6.66. The fourth-order valence-electron chi connectivity index (χ4n) is 2.14. The molecule has 1 aromatic rings. The van der Waals surface area contributed by atoms with E-state index in [2.05, 4.69) is 52.8 Å². The molecular weight excluding hydrogens is 276 g/mol. The van der Waals surface area contributed by atoms with Crippen LogP contribution in [0.4, 0.5) is 0 Å². The lowest BCUT2D eigenvalue weighted by Crippen LogP contribution is -2.36. The van der Waals surface area contributed by atoms with Crippen LogP contribution in [0.15, 0.2) is 24.5 Å². The topological polar surface area (TPSA) is 16.1 Å². The lowest BCUT2D eigenvalue weighted by atomic mass is 9.84. The first-order valence-corrected chi connectivity index (χ1v) is 7.41. The van der Waals surface area contributed by atoms with Crippen LogP contribution in [0.5, 0.6) is 0 Å². The molecule has 0 radical (unpaired) electrons. The van der Waals surface area contributed by atoms with Gasteiger partial charge >= 0.3 is 0 Å². The van der Waals surface area contributed by atoms with E-state index in [4.69, 9.17) is 0 Å². The first-order chi connectivity index (χ1) is 8.15. The Bertz CT molecular complexity index is 301. The Morgan fingerprint density at radius 3 is 2.53 bits per heavy atom. The van der Waals surface area contributed by atoms with Crippen molar-refractivity contribution in [2.24, 2.45) is 5.41 Å². The largest absolute Gasteiger partial charge is 0.301 e. The summed E-state index contributed by atoms with van der Waals surface area (Å²) >= 11 is 3.67. The summed E-state index contributed by atoms with van der Waals surface area (Å²) in [5, 5.41) is 1.07. The lowest BCUT2D eigenvalue weighted by Gasteiger charge is -2.34. The van der Waals surface area contributed by atoms with Gasteiger partial charge in [0.15, 0.2) is 0 Å². The molecule has 0 saturated heterocycles. The van der Waals surface area contributed by atoms with E-state index in [1.807, 2.05) is 18.5 Å². The summed E-state index contributed by atoms with van der Waals surface area (Å²) in [5.41, 5.74) is 1.68. The van der Waals surface area contributed by atoms with Crippen LogP contribution in [0.3, 0.4) is 0 Å². The predicted molar refractivity (Wildman–Crippen MR) is 77.4 cm³/mol. The summed E-state index contributed by atoms with van der Waals surface area (Å²) in [6.07, 6.45) is 6.20. The third-order valence-corrected chi connectivity index (χ3v) is 4.75. The standard InChI is InChI=1S/C14H23BrN2/c1-4-14(5-2,11-15)12-17(3)10-13-7-6-8-16-9-13/h6-9H,4-5,10-12H2,1-3H3. The summed E-state index contributed by atoms with van der Waals surface area (Å²) in [6, 6.07) is 4.14. The lowest BCUT2D eigenvalue weighted by molar-refractivity contribution is 0.180. The zero-order valence-electron chi connectivity index (χ0n) is 11.1. The zero-order valence-corrected chi connectivity index (χ0v) is 12.7. The quantitative estimate of drug-likeness (QED) is 0.713. The van der Waals surface area contributed by atoms with Gasteiger partial charge in [0.25, 0.3) is 0 Å². The SMILES string of the molecule is CCC(CC)(CBr)CN(C)Cc1cccnc1. The molecule has 1 heterocycles. The number of halogens is 1. The molecule has 0 N–H and O–H groups in total. The van der Waals surface area contributed by atoms with Gasteiger partial charge in [0, 0.05) is 30.8 Å². The molecule has 0 saturated carbocycles. The molecule has 3 heteroatoms. The molecule has 0 bridgehead atoms. The molecule has 96 valence electrons. The van der Waals surface area contributed by atoms with E-state index in [0.29, 0.717) is 5.41 Å². The maximum absolute atomic E-state index is 4.16. The van der Waals surface area contributed by atoms with Crippen molar-refractivity contribution in [3.63, 3.8) is 0 Å². The molecule has 0 aliphatic rings. The van der Waals surface area contributed by atoms with Gasteiger partial charge in [-0.15, -0.1) is 0 Å². The average Bonchev–Trinajstić information content (AvgIpc) is 2.37. The molecule has 0 aromatic carbocycles. The molecule has 17 heavy (non-hydrogen) atoms. The van der Waals surface area contributed by atoms with Crippen molar-refractivity contribution >= 4 is 15.9 Å². The number of aromatic nitrogens is 1. The number of pyridine rings is 1. The highest BCUT2D eigenvalue weighted by Crippen LogP contribution is 2.29. The van der Waals surface area contributed by atoms with Crippen LogP contribution in [0, 0.1) is 5.41 Å². The van der Waals surface area contributed by atoms with Crippen molar-refractivity contribution in [3.8, 4) is 0 Å². The van der Waals surface area contributed by atoms with Crippen molar-refractivity contribution < 1.29 is 0 Å². The average molecular weight is 299 g/mol. The van der Waals surface area contributed by atoms with Crippen molar-refractivity contribution in [2.75, 3.05) is 18.9 Å². The van der Waals surface area contributed by atoms with Crippen LogP contribution >= 0.6 is 15.9 Å². The molecule has 0 fully saturated rings. The Labute approximate surface area is 114 Å². The second-order valence-electron chi connectivity index (χ2n) is 4.87. The minimum absolute atomic E-state index is 0.400. The molecule has 0 aliphatic carbocycles. The molecular formula is C14H23BrN2. The van der Waals surface area contributed by atoms with Crippen LogP contribution < -0.4 is 0 Å². The molecule has 0 amide bonds. The summed E-state index contributed by atoms with van der Waals surface area (Å²) < 4.78 is 0. The minimum Gasteiger partial charge on any atom is -0.301 e. The summed E-state index contributed by atoms with van der Waals surface area (Å²) in [7, 11) is 2.19. The molecule has 1 rings (SSSR count). The van der Waals surface area contributed by atoms with Gasteiger partial charge in [-0.25, -0.2) is 0 Å². The number of rotatable bonds is 7. The smallest absolute Gasteiger partial charge is 0.0312 e. The Morgan fingerprint density at radius 2 is 2.06 bits per heavy atom. The Kier molecular flexibility index (Phi) is 6.14. The summed E-state index contributed by atoms with van der Waals surface area (Å²) in [5.74, 6) is 0. The Hall–Kier alpha value is -0.410. The van der Waals surface area contributed by atoms with E-state index >= 15 is 0 Å². The van der Waals surface area contributed by atoms with Crippen LogP contribution in [0.1, 0.15) is 32.3 Å². The molecule has 2 nitrogen and oxygen atoms in total. The Morgan fingerprint density at radius 1 is 1.35 bits per heavy atom. The predicted octanol–water partition coefficient (Wildman–Crippen LogP) is 3.71. The molecule has 0 unspecified atom stereocenters. The molecule has 0 spiro atoms. The van der Waals surface area contributed by atoms with E-state index in [9.17, 15) is 0 Å². The van der Waals surface area contributed by atoms with Gasteiger partial charge in [-0.2, -0.15) is 0 Å². The highest BCUT2D eigenvalue weighted by atomic mass is 79.9. The zero-order chi connectivity index (χ0) is 12.7. The maximum atomic E-state index is 4.16. The van der Waals surface area contributed by atoms with Gasteiger partial charge in [-0.05, 0) is 36.9 Å². The monoisotopic (exact) mass is 298 g/mol. The fraction of sp³-hybridized carbons (Fsp3) is 0.643. The van der Waals surface area contributed by atoms with Crippen LogP contribution in [-0.4, -0.2) is 28.8 Å². The summed E-state index contributed by atoms with van der Waals surface area (Å²) in [4.78, 5) is 6.55. The number of alkyl halides is 1. The molecule has 1 aromatic heterocycles. The van der Waals surface area contributed by atoms with Crippen LogP contribution in [-0.2, 0) is 6.54 Å². The van der Waals surface area contributed by atoms with Crippen LogP contribution in [0.2, 0.25) is 0 Å². The van der Waals surface area contributed by atoms with Crippen LogP contribution in [0.25, 0.3) is 0 Å². The van der Waals surface area contributed by atoms with E-state index in [-0.39, 0.29) is 0 Å². The first-order valence-electron chi connectivity index (χ1n) is 6.29. The second-order valence-corrected chi connectivity index (χ2v) is 5.44. The molecule has 0 atom stereocenters. The van der Waals surface area contributed by atoms with E-state index in [1.165, 1.54) is 18.4 Å². The fourth-order valence-corrected chi connectivity index (χ4v) is 3.11. The van der Waals surface area contributed by atoms with E-state index < -0.39 is 0 Å². The third kappa shape index (κ3) is 4.40. The van der Waals surface area contributed by atoms with Gasteiger partial charge in [-0.1, -0.05) is 35.8 Å². The van der Waals surface area contributed by atoms with Gasteiger partial charge in [0.05, 0.1) is 0 Å². The van der Waals surface area contributed by atoms with Gasteiger partial charge in [-0.3, -0.25) is 4.98 Å². The minimum atomic E-state index is 0.400. The van der Waals surface area contributed by atoms with Crippen molar-refractivity contribution in [1.82, 2.24) is 9.88 Å². The second kappa shape index (κ2) is 7.12. The van der Waals surface area contributed by atoms with Gasteiger partial charge in [0.2, 0.25) is 0 Å². The van der Waals surface area contributed by atoms with Crippen molar-refractivity contribution in [1.29, 1.82) is 0 Å². The van der Waals surface area contributed by atoms with Gasteiger partial charge < -0.3 is 4.90 Å². The number of hydrogen-bond donors (Lipinski definition) is 0.